The standard InChI is InChI=1S/C24H20N2O6/c27-19-10-3-1-8-17(19)24(31)32-21-12-4-2-9-18(21)22(29)20(28)11-6-14-26-23(30)16-7-5-13-25-15-16/h1-5,7-10,12-13,15,27H,6,11,14H2,(H,26,30). The maximum Gasteiger partial charge on any atom is 0.347 e. The number of amides is 1. The highest BCUT2D eigenvalue weighted by Crippen LogP contribution is 2.23. The van der Waals surface area contributed by atoms with Crippen molar-refractivity contribution in [2.45, 2.75) is 12.8 Å². The molecule has 0 spiro atoms. The van der Waals surface area contributed by atoms with E-state index in [1.807, 2.05) is 0 Å². The number of para-hydroxylation sites is 2. The highest BCUT2D eigenvalue weighted by molar-refractivity contribution is 6.44. The fourth-order valence-electron chi connectivity index (χ4n) is 2.86. The summed E-state index contributed by atoms with van der Waals surface area (Å²) in [4.78, 5) is 53.2. The van der Waals surface area contributed by atoms with Crippen LogP contribution in [0, 0.1) is 0 Å². The van der Waals surface area contributed by atoms with E-state index in [-0.39, 0.29) is 47.9 Å². The Morgan fingerprint density at radius 2 is 1.62 bits per heavy atom. The lowest BCUT2D eigenvalue weighted by molar-refractivity contribution is -0.115. The summed E-state index contributed by atoms with van der Waals surface area (Å²) < 4.78 is 5.25. The Labute approximate surface area is 183 Å². The summed E-state index contributed by atoms with van der Waals surface area (Å²) in [5.41, 5.74) is 0.279. The van der Waals surface area contributed by atoms with Crippen molar-refractivity contribution in [1.82, 2.24) is 10.3 Å². The Kier molecular flexibility index (Phi) is 7.42. The van der Waals surface area contributed by atoms with Gasteiger partial charge in [-0.1, -0.05) is 24.3 Å². The molecule has 0 aliphatic carbocycles. The van der Waals surface area contributed by atoms with Crippen molar-refractivity contribution in [3.8, 4) is 11.5 Å². The Morgan fingerprint density at radius 1 is 0.906 bits per heavy atom. The molecule has 1 aromatic heterocycles. The number of nitrogens with zero attached hydrogens (tertiary/aromatic N) is 1. The number of phenols is 1. The number of benzene rings is 2. The molecule has 0 aliphatic heterocycles. The van der Waals surface area contributed by atoms with Gasteiger partial charge in [-0.2, -0.15) is 0 Å². The van der Waals surface area contributed by atoms with E-state index >= 15 is 0 Å². The van der Waals surface area contributed by atoms with Crippen molar-refractivity contribution in [1.29, 1.82) is 0 Å². The van der Waals surface area contributed by atoms with E-state index in [2.05, 4.69) is 10.3 Å². The van der Waals surface area contributed by atoms with E-state index in [1.165, 1.54) is 30.5 Å². The topological polar surface area (TPSA) is 123 Å². The third-order valence-corrected chi connectivity index (χ3v) is 4.50. The van der Waals surface area contributed by atoms with Crippen LogP contribution in [0.15, 0.2) is 73.1 Å². The number of nitrogens with one attached hydrogen (secondary N) is 1. The van der Waals surface area contributed by atoms with Gasteiger partial charge in [0.25, 0.3) is 5.91 Å². The van der Waals surface area contributed by atoms with Gasteiger partial charge in [0, 0.05) is 25.4 Å². The van der Waals surface area contributed by atoms with Crippen LogP contribution < -0.4 is 10.1 Å². The van der Waals surface area contributed by atoms with Crippen molar-refractivity contribution in [2.24, 2.45) is 0 Å². The molecule has 3 rings (SSSR count). The highest BCUT2D eigenvalue weighted by atomic mass is 16.5. The minimum atomic E-state index is -0.853. The first-order valence-corrected chi connectivity index (χ1v) is 9.82. The van der Waals surface area contributed by atoms with Crippen molar-refractivity contribution in [3.05, 3.63) is 89.7 Å². The lowest BCUT2D eigenvalue weighted by Gasteiger charge is -2.10. The highest BCUT2D eigenvalue weighted by Gasteiger charge is 2.22. The van der Waals surface area contributed by atoms with Gasteiger partial charge in [-0.25, -0.2) is 4.79 Å². The van der Waals surface area contributed by atoms with Gasteiger partial charge in [0.15, 0.2) is 0 Å². The Balaban J connectivity index is 1.57. The summed E-state index contributed by atoms with van der Waals surface area (Å²) in [7, 11) is 0. The fourth-order valence-corrected chi connectivity index (χ4v) is 2.86. The van der Waals surface area contributed by atoms with Gasteiger partial charge in [-0.05, 0) is 42.8 Å². The molecule has 1 amide bonds. The molecular formula is C24H20N2O6. The average Bonchev–Trinajstić information content (AvgIpc) is 2.82. The first-order valence-electron chi connectivity index (χ1n) is 9.82. The largest absolute Gasteiger partial charge is 0.507 e. The summed E-state index contributed by atoms with van der Waals surface area (Å²) in [6.45, 7) is 0.205. The third-order valence-electron chi connectivity index (χ3n) is 4.50. The second-order valence-electron chi connectivity index (χ2n) is 6.76. The van der Waals surface area contributed by atoms with Crippen molar-refractivity contribution in [3.63, 3.8) is 0 Å². The Bertz CT molecular complexity index is 1140. The van der Waals surface area contributed by atoms with Gasteiger partial charge in [-0.15, -0.1) is 0 Å². The van der Waals surface area contributed by atoms with Gasteiger partial charge in [0.05, 0.1) is 11.1 Å². The van der Waals surface area contributed by atoms with E-state index < -0.39 is 17.5 Å². The van der Waals surface area contributed by atoms with Gasteiger partial charge in [-0.3, -0.25) is 19.4 Å². The van der Waals surface area contributed by atoms with Crippen LogP contribution in [0.4, 0.5) is 0 Å². The van der Waals surface area contributed by atoms with Crippen LogP contribution in [0.3, 0.4) is 0 Å². The molecule has 0 radical (unpaired) electrons. The second-order valence-corrected chi connectivity index (χ2v) is 6.76. The molecule has 8 nitrogen and oxygen atoms in total. The lowest BCUT2D eigenvalue weighted by Crippen LogP contribution is -2.25. The molecule has 2 N–H and O–H groups in total. The second kappa shape index (κ2) is 10.6. The van der Waals surface area contributed by atoms with Crippen LogP contribution in [-0.2, 0) is 4.79 Å². The minimum Gasteiger partial charge on any atom is -0.507 e. The molecule has 162 valence electrons. The number of hydrogen-bond donors (Lipinski definition) is 2. The van der Waals surface area contributed by atoms with Crippen LogP contribution >= 0.6 is 0 Å². The molecule has 3 aromatic rings. The number of rotatable bonds is 9. The predicted octanol–water partition coefficient (Wildman–Crippen LogP) is 2.97. The van der Waals surface area contributed by atoms with E-state index in [9.17, 15) is 24.3 Å². The predicted molar refractivity (Wildman–Crippen MR) is 115 cm³/mol. The number of ether oxygens (including phenoxy) is 1. The molecule has 0 saturated heterocycles. The monoisotopic (exact) mass is 432 g/mol. The molecule has 0 fully saturated rings. The third kappa shape index (κ3) is 5.63. The molecule has 0 bridgehead atoms. The zero-order valence-corrected chi connectivity index (χ0v) is 17.0. The molecule has 0 unspecified atom stereocenters. The average molecular weight is 432 g/mol. The first-order chi connectivity index (χ1) is 15.5. The molecule has 0 aliphatic rings. The summed E-state index contributed by atoms with van der Waals surface area (Å²) in [6, 6.07) is 15.0. The molecule has 2 aromatic carbocycles. The summed E-state index contributed by atoms with van der Waals surface area (Å²) >= 11 is 0. The normalized spacial score (nSPS) is 10.2. The van der Waals surface area contributed by atoms with Crippen molar-refractivity contribution >= 4 is 23.4 Å². The number of carbonyl (C=O) groups excluding carboxylic acids is 4. The maximum absolute atomic E-state index is 12.6. The SMILES string of the molecule is O=C(CCCNC(=O)c1cccnc1)C(=O)c1ccccc1OC(=O)c1ccccc1O. The Morgan fingerprint density at radius 3 is 2.34 bits per heavy atom. The zero-order chi connectivity index (χ0) is 22.9. The van der Waals surface area contributed by atoms with Crippen LogP contribution in [0.25, 0.3) is 0 Å². The van der Waals surface area contributed by atoms with E-state index in [0.29, 0.717) is 5.56 Å². The molecule has 1 heterocycles. The van der Waals surface area contributed by atoms with E-state index in [4.69, 9.17) is 4.74 Å². The smallest absolute Gasteiger partial charge is 0.347 e. The summed E-state index contributed by atoms with van der Waals surface area (Å²) in [6.07, 6.45) is 3.15. The molecule has 0 saturated carbocycles. The quantitative estimate of drug-likeness (QED) is 0.175. The molecule has 32 heavy (non-hydrogen) atoms. The van der Waals surface area contributed by atoms with Gasteiger partial charge >= 0.3 is 5.97 Å². The number of phenolic OH excluding ortho intramolecular Hbond substituents is 1. The van der Waals surface area contributed by atoms with Gasteiger partial charge in [0.2, 0.25) is 11.6 Å². The molecular weight excluding hydrogens is 412 g/mol. The number of aromatic hydroxyl groups is 1. The number of esters is 1. The summed E-state index contributed by atoms with van der Waals surface area (Å²) in [5, 5.41) is 12.5. The molecule has 8 heteroatoms. The number of hydrogen-bond acceptors (Lipinski definition) is 7. The number of ketones is 2. The number of Topliss-reactive ketones (excluding diaryl/α,β-unsaturated/α-hetero) is 2. The van der Waals surface area contributed by atoms with Crippen LogP contribution in [0.5, 0.6) is 11.5 Å². The number of aromatic nitrogens is 1. The summed E-state index contributed by atoms with van der Waals surface area (Å²) in [5.74, 6) is -2.99. The fraction of sp³-hybridized carbons (Fsp3) is 0.125. The Hall–Kier alpha value is -4.33. The van der Waals surface area contributed by atoms with Gasteiger partial charge < -0.3 is 15.2 Å². The van der Waals surface area contributed by atoms with E-state index in [1.54, 1.807) is 42.6 Å². The molecule has 0 atom stereocenters. The zero-order valence-electron chi connectivity index (χ0n) is 17.0. The van der Waals surface area contributed by atoms with Crippen molar-refractivity contribution in [2.75, 3.05) is 6.54 Å². The first kappa shape index (κ1) is 22.4. The number of pyridine rings is 1. The minimum absolute atomic E-state index is 0.0549. The van der Waals surface area contributed by atoms with Crippen molar-refractivity contribution < 1.29 is 29.0 Å². The van der Waals surface area contributed by atoms with Crippen LogP contribution in [0.1, 0.15) is 43.9 Å². The lowest BCUT2D eigenvalue weighted by atomic mass is 10.0. The van der Waals surface area contributed by atoms with Gasteiger partial charge in [0.1, 0.15) is 17.1 Å². The van der Waals surface area contributed by atoms with E-state index in [0.717, 1.165) is 0 Å². The number of carbonyl (C=O) groups is 4. The van der Waals surface area contributed by atoms with Crippen LogP contribution in [-0.4, -0.2) is 40.1 Å². The van der Waals surface area contributed by atoms with Crippen LogP contribution in [0.2, 0.25) is 0 Å². The maximum atomic E-state index is 12.6.